The highest BCUT2D eigenvalue weighted by atomic mass is 16.5. The van der Waals surface area contributed by atoms with Crippen LogP contribution in [0.5, 0.6) is 0 Å². The van der Waals surface area contributed by atoms with Crippen molar-refractivity contribution in [2.24, 2.45) is 5.92 Å². The number of aliphatic carboxylic acids is 1. The summed E-state index contributed by atoms with van der Waals surface area (Å²) in [6.45, 7) is 6.12. The van der Waals surface area contributed by atoms with Crippen LogP contribution in [0.4, 0.5) is 0 Å². The summed E-state index contributed by atoms with van der Waals surface area (Å²) in [6.07, 6.45) is 0.480. The third kappa shape index (κ3) is 2.47. The molecule has 0 saturated carbocycles. The van der Waals surface area contributed by atoms with E-state index in [2.05, 4.69) is 5.16 Å². The second-order valence-corrected chi connectivity index (χ2v) is 5.24. The molecule has 104 valence electrons. The first kappa shape index (κ1) is 13.6. The number of amides is 1. The molecular weight excluding hydrogens is 248 g/mol. The molecule has 1 aromatic heterocycles. The Balaban J connectivity index is 2.14. The molecule has 2 rings (SSSR count). The van der Waals surface area contributed by atoms with Crippen molar-refractivity contribution < 1.29 is 19.2 Å². The third-order valence-corrected chi connectivity index (χ3v) is 3.66. The van der Waals surface area contributed by atoms with Gasteiger partial charge in [0.05, 0.1) is 11.6 Å². The molecule has 1 N–H and O–H groups in total. The van der Waals surface area contributed by atoms with Crippen molar-refractivity contribution >= 4 is 11.9 Å². The SMILES string of the molecule is CC(C)c1cc(C(=O)N2CCC(C(=O)O)C2C)on1. The first-order valence-corrected chi connectivity index (χ1v) is 6.42. The van der Waals surface area contributed by atoms with Gasteiger partial charge in [-0.15, -0.1) is 0 Å². The Morgan fingerprint density at radius 2 is 2.21 bits per heavy atom. The molecule has 1 aliphatic heterocycles. The molecular formula is C13H18N2O4. The fourth-order valence-electron chi connectivity index (χ4n) is 2.36. The second-order valence-electron chi connectivity index (χ2n) is 5.24. The highest BCUT2D eigenvalue weighted by Crippen LogP contribution is 2.26. The maximum atomic E-state index is 12.3. The van der Waals surface area contributed by atoms with Gasteiger partial charge in [0, 0.05) is 18.7 Å². The number of carbonyl (C=O) groups is 2. The van der Waals surface area contributed by atoms with E-state index < -0.39 is 11.9 Å². The van der Waals surface area contributed by atoms with E-state index in [1.54, 1.807) is 17.9 Å². The van der Waals surface area contributed by atoms with E-state index >= 15 is 0 Å². The summed E-state index contributed by atoms with van der Waals surface area (Å²) >= 11 is 0. The van der Waals surface area contributed by atoms with Crippen LogP contribution in [0.1, 0.15) is 49.4 Å². The number of carbonyl (C=O) groups excluding carboxylic acids is 1. The molecule has 0 aromatic carbocycles. The minimum Gasteiger partial charge on any atom is -0.481 e. The molecule has 2 atom stereocenters. The first-order valence-electron chi connectivity index (χ1n) is 6.42. The van der Waals surface area contributed by atoms with Crippen LogP contribution >= 0.6 is 0 Å². The van der Waals surface area contributed by atoms with Crippen LogP contribution < -0.4 is 0 Å². The smallest absolute Gasteiger partial charge is 0.308 e. The van der Waals surface area contributed by atoms with Gasteiger partial charge in [0.1, 0.15) is 0 Å². The minimum atomic E-state index is -0.858. The topological polar surface area (TPSA) is 83.6 Å². The monoisotopic (exact) mass is 266 g/mol. The number of nitrogens with zero attached hydrogens (tertiary/aromatic N) is 2. The molecule has 2 unspecified atom stereocenters. The Hall–Kier alpha value is -1.85. The van der Waals surface area contributed by atoms with Crippen molar-refractivity contribution in [2.45, 2.75) is 39.2 Å². The number of carboxylic acids is 1. The van der Waals surface area contributed by atoms with Crippen molar-refractivity contribution in [3.8, 4) is 0 Å². The zero-order chi connectivity index (χ0) is 14.2. The molecule has 2 heterocycles. The lowest BCUT2D eigenvalue weighted by Gasteiger charge is -2.21. The summed E-state index contributed by atoms with van der Waals surface area (Å²) in [6, 6.07) is 1.31. The zero-order valence-corrected chi connectivity index (χ0v) is 11.3. The molecule has 1 amide bonds. The van der Waals surface area contributed by atoms with Gasteiger partial charge in [-0.1, -0.05) is 19.0 Å². The molecule has 1 aliphatic rings. The van der Waals surface area contributed by atoms with E-state index in [4.69, 9.17) is 9.63 Å². The standard InChI is InChI=1S/C13H18N2O4/c1-7(2)10-6-11(19-14-10)12(16)15-5-4-9(8(15)3)13(17)18/h6-9H,4-5H2,1-3H3,(H,17,18). The fraction of sp³-hybridized carbons (Fsp3) is 0.615. The van der Waals surface area contributed by atoms with E-state index in [0.717, 1.165) is 5.69 Å². The normalized spacial score (nSPS) is 23.1. The third-order valence-electron chi connectivity index (χ3n) is 3.66. The van der Waals surface area contributed by atoms with Gasteiger partial charge in [-0.25, -0.2) is 0 Å². The van der Waals surface area contributed by atoms with Crippen molar-refractivity contribution in [2.75, 3.05) is 6.54 Å². The predicted molar refractivity (Wildman–Crippen MR) is 66.8 cm³/mol. The highest BCUT2D eigenvalue weighted by molar-refractivity contribution is 5.92. The van der Waals surface area contributed by atoms with E-state index in [1.807, 2.05) is 13.8 Å². The molecule has 1 aromatic rings. The maximum absolute atomic E-state index is 12.3. The van der Waals surface area contributed by atoms with Crippen LogP contribution in [0.3, 0.4) is 0 Å². The summed E-state index contributed by atoms with van der Waals surface area (Å²) in [5, 5.41) is 12.9. The van der Waals surface area contributed by atoms with Gasteiger partial charge >= 0.3 is 5.97 Å². The second kappa shape index (κ2) is 5.03. The van der Waals surface area contributed by atoms with Gasteiger partial charge in [-0.2, -0.15) is 0 Å². The quantitative estimate of drug-likeness (QED) is 0.900. The molecule has 0 spiro atoms. The van der Waals surface area contributed by atoms with Crippen LogP contribution in [0.2, 0.25) is 0 Å². The average Bonchev–Trinajstić information content (AvgIpc) is 2.94. The predicted octanol–water partition coefficient (Wildman–Crippen LogP) is 1.73. The summed E-state index contributed by atoms with van der Waals surface area (Å²) in [4.78, 5) is 24.8. The number of carboxylic acid groups (broad SMARTS) is 1. The highest BCUT2D eigenvalue weighted by Gasteiger charge is 2.39. The van der Waals surface area contributed by atoms with Crippen LogP contribution in [0.25, 0.3) is 0 Å². The van der Waals surface area contributed by atoms with E-state index in [-0.39, 0.29) is 23.6 Å². The number of rotatable bonds is 3. The molecule has 0 radical (unpaired) electrons. The van der Waals surface area contributed by atoms with Crippen molar-refractivity contribution in [1.82, 2.24) is 10.1 Å². The first-order chi connectivity index (χ1) is 8.91. The number of hydrogen-bond donors (Lipinski definition) is 1. The Morgan fingerprint density at radius 1 is 1.53 bits per heavy atom. The Labute approximate surface area is 111 Å². The summed E-state index contributed by atoms with van der Waals surface area (Å²) in [5.74, 6) is -1.27. The van der Waals surface area contributed by atoms with Crippen LogP contribution in [-0.4, -0.2) is 39.6 Å². The molecule has 1 saturated heterocycles. The van der Waals surface area contributed by atoms with Gasteiger partial charge < -0.3 is 14.5 Å². The minimum absolute atomic E-state index is 0.182. The summed E-state index contributed by atoms with van der Waals surface area (Å²) in [5.41, 5.74) is 0.727. The maximum Gasteiger partial charge on any atom is 0.308 e. The summed E-state index contributed by atoms with van der Waals surface area (Å²) < 4.78 is 5.06. The molecule has 6 heteroatoms. The molecule has 0 bridgehead atoms. The van der Waals surface area contributed by atoms with Crippen LogP contribution in [0, 0.1) is 5.92 Å². The Bertz CT molecular complexity index is 495. The van der Waals surface area contributed by atoms with Crippen molar-refractivity contribution in [3.05, 3.63) is 17.5 Å². The number of aromatic nitrogens is 1. The van der Waals surface area contributed by atoms with E-state index in [9.17, 15) is 9.59 Å². The van der Waals surface area contributed by atoms with Crippen LogP contribution in [0.15, 0.2) is 10.6 Å². The largest absolute Gasteiger partial charge is 0.481 e. The fourth-order valence-corrected chi connectivity index (χ4v) is 2.36. The van der Waals surface area contributed by atoms with Gasteiger partial charge in [-0.05, 0) is 19.3 Å². The molecule has 0 aliphatic carbocycles. The Morgan fingerprint density at radius 3 is 2.68 bits per heavy atom. The van der Waals surface area contributed by atoms with Gasteiger partial charge in [0.2, 0.25) is 5.76 Å². The van der Waals surface area contributed by atoms with Crippen molar-refractivity contribution in [1.29, 1.82) is 0 Å². The summed E-state index contributed by atoms with van der Waals surface area (Å²) in [7, 11) is 0. The van der Waals surface area contributed by atoms with Crippen LogP contribution in [-0.2, 0) is 4.79 Å². The average molecular weight is 266 g/mol. The van der Waals surface area contributed by atoms with E-state index in [0.29, 0.717) is 13.0 Å². The number of likely N-dealkylation sites (tertiary alicyclic amines) is 1. The lowest BCUT2D eigenvalue weighted by Crippen LogP contribution is -2.37. The molecule has 1 fully saturated rings. The van der Waals surface area contributed by atoms with E-state index in [1.165, 1.54) is 0 Å². The molecule has 19 heavy (non-hydrogen) atoms. The van der Waals surface area contributed by atoms with Gasteiger partial charge in [0.25, 0.3) is 5.91 Å². The van der Waals surface area contributed by atoms with Gasteiger partial charge in [0.15, 0.2) is 0 Å². The number of hydrogen-bond acceptors (Lipinski definition) is 4. The van der Waals surface area contributed by atoms with Gasteiger partial charge in [-0.3, -0.25) is 9.59 Å². The Kier molecular flexibility index (Phi) is 3.59. The molecule has 6 nitrogen and oxygen atoms in total. The lowest BCUT2D eigenvalue weighted by molar-refractivity contribution is -0.142. The zero-order valence-electron chi connectivity index (χ0n) is 11.3. The van der Waals surface area contributed by atoms with Crippen molar-refractivity contribution in [3.63, 3.8) is 0 Å². The lowest BCUT2D eigenvalue weighted by atomic mass is 10.0.